The summed E-state index contributed by atoms with van der Waals surface area (Å²) in [5.41, 5.74) is 0.720. The average molecular weight is 426 g/mol. The maximum absolute atomic E-state index is 13.1. The lowest BCUT2D eigenvalue weighted by Crippen LogP contribution is -2.31. The second-order valence-electron chi connectivity index (χ2n) is 6.56. The Morgan fingerprint density at radius 2 is 1.87 bits per heavy atom. The van der Waals surface area contributed by atoms with Gasteiger partial charge in [-0.2, -0.15) is 0 Å². The third-order valence-corrected chi connectivity index (χ3v) is 5.14. The zero-order valence-electron chi connectivity index (χ0n) is 15.7. The molecule has 2 aromatic carbocycles. The van der Waals surface area contributed by atoms with Gasteiger partial charge in [0.05, 0.1) is 30.0 Å². The molecular weight excluding hydrogens is 410 g/mol. The van der Waals surface area contributed by atoms with Gasteiger partial charge in [0, 0.05) is 5.69 Å². The van der Waals surface area contributed by atoms with Crippen LogP contribution in [-0.4, -0.2) is 29.0 Å². The molecule has 0 bridgehead atoms. The number of carbonyl (C=O) groups excluding carboxylic acids is 2. The van der Waals surface area contributed by atoms with Crippen molar-refractivity contribution in [1.82, 2.24) is 0 Å². The van der Waals surface area contributed by atoms with Crippen LogP contribution in [0.3, 0.4) is 0 Å². The van der Waals surface area contributed by atoms with Crippen molar-refractivity contribution in [2.45, 2.75) is 6.04 Å². The number of phenolic OH excluding ortho intramolecular Hbond substituents is 1. The summed E-state index contributed by atoms with van der Waals surface area (Å²) >= 11 is 6.07. The summed E-state index contributed by atoms with van der Waals surface area (Å²) in [5, 5.41) is 20.5. The number of benzene rings is 2. The fourth-order valence-electron chi connectivity index (χ4n) is 3.40. The van der Waals surface area contributed by atoms with Gasteiger partial charge in [0.2, 0.25) is 5.78 Å². The number of aliphatic hydroxyl groups is 1. The highest BCUT2D eigenvalue weighted by Gasteiger charge is 2.45. The molecule has 1 aliphatic heterocycles. The van der Waals surface area contributed by atoms with E-state index in [2.05, 4.69) is 0 Å². The summed E-state index contributed by atoms with van der Waals surface area (Å²) in [4.78, 5) is 27.4. The number of aromatic hydroxyl groups is 1. The maximum atomic E-state index is 13.1. The average Bonchev–Trinajstić information content (AvgIpc) is 3.37. The first-order valence-corrected chi connectivity index (χ1v) is 9.27. The van der Waals surface area contributed by atoms with Crippen LogP contribution in [0.1, 0.15) is 22.2 Å². The van der Waals surface area contributed by atoms with E-state index in [0.717, 1.165) is 0 Å². The largest absolute Gasteiger partial charge is 0.506 e. The zero-order valence-corrected chi connectivity index (χ0v) is 16.5. The van der Waals surface area contributed by atoms with Crippen LogP contribution in [-0.2, 0) is 4.79 Å². The Morgan fingerprint density at radius 1 is 1.13 bits per heavy atom. The lowest BCUT2D eigenvalue weighted by molar-refractivity contribution is -0.117. The number of furan rings is 1. The molecule has 2 heterocycles. The monoisotopic (exact) mass is 425 g/mol. The minimum Gasteiger partial charge on any atom is -0.506 e. The molecule has 0 spiro atoms. The minimum absolute atomic E-state index is 0.0178. The van der Waals surface area contributed by atoms with E-state index in [1.807, 2.05) is 0 Å². The van der Waals surface area contributed by atoms with E-state index in [-0.39, 0.29) is 22.1 Å². The van der Waals surface area contributed by atoms with Crippen molar-refractivity contribution in [3.63, 3.8) is 0 Å². The van der Waals surface area contributed by atoms with E-state index >= 15 is 0 Å². The van der Waals surface area contributed by atoms with Crippen molar-refractivity contribution in [1.29, 1.82) is 0 Å². The molecule has 1 aromatic heterocycles. The highest BCUT2D eigenvalue weighted by Crippen LogP contribution is 2.43. The molecular formula is C22H16ClNO6. The van der Waals surface area contributed by atoms with Gasteiger partial charge in [-0.3, -0.25) is 14.5 Å². The summed E-state index contributed by atoms with van der Waals surface area (Å²) in [6.07, 6.45) is 1.33. The molecule has 7 nitrogen and oxygen atoms in total. The number of carbonyl (C=O) groups is 2. The SMILES string of the molecule is COc1ccc(N2C(=O)C(O)=C(C(=O)c3ccco3)C2c2ccc(O)c(Cl)c2)cc1. The number of ketones is 1. The lowest BCUT2D eigenvalue weighted by Gasteiger charge is -2.27. The summed E-state index contributed by atoms with van der Waals surface area (Å²) < 4.78 is 10.3. The number of hydrogen-bond acceptors (Lipinski definition) is 6. The van der Waals surface area contributed by atoms with E-state index in [0.29, 0.717) is 17.0 Å². The van der Waals surface area contributed by atoms with Gasteiger partial charge in [-0.05, 0) is 54.1 Å². The van der Waals surface area contributed by atoms with Crippen LogP contribution in [0.25, 0.3) is 0 Å². The number of phenols is 1. The van der Waals surface area contributed by atoms with Gasteiger partial charge < -0.3 is 19.4 Å². The van der Waals surface area contributed by atoms with Gasteiger partial charge in [-0.25, -0.2) is 0 Å². The molecule has 152 valence electrons. The van der Waals surface area contributed by atoms with Crippen molar-refractivity contribution < 1.29 is 29.0 Å². The molecule has 0 fully saturated rings. The molecule has 3 aromatic rings. The smallest absolute Gasteiger partial charge is 0.294 e. The van der Waals surface area contributed by atoms with Gasteiger partial charge in [0.15, 0.2) is 11.5 Å². The number of rotatable bonds is 5. The first-order valence-electron chi connectivity index (χ1n) is 8.89. The van der Waals surface area contributed by atoms with Crippen molar-refractivity contribution in [2.75, 3.05) is 12.0 Å². The number of hydrogen-bond donors (Lipinski definition) is 2. The Kier molecular flexibility index (Phi) is 4.97. The molecule has 0 radical (unpaired) electrons. The van der Waals surface area contributed by atoms with Gasteiger partial charge in [-0.15, -0.1) is 0 Å². The van der Waals surface area contributed by atoms with Gasteiger partial charge in [0.1, 0.15) is 11.5 Å². The predicted octanol–water partition coefficient (Wildman–Crippen LogP) is 4.43. The number of amides is 1. The first-order chi connectivity index (χ1) is 14.4. The molecule has 0 saturated carbocycles. The number of aliphatic hydroxyl groups excluding tert-OH is 1. The Morgan fingerprint density at radius 3 is 2.47 bits per heavy atom. The third kappa shape index (κ3) is 3.19. The van der Waals surface area contributed by atoms with E-state index in [1.54, 1.807) is 24.3 Å². The number of methoxy groups -OCH3 is 1. The fraction of sp³-hybridized carbons (Fsp3) is 0.0909. The van der Waals surface area contributed by atoms with E-state index < -0.39 is 23.5 Å². The lowest BCUT2D eigenvalue weighted by atomic mass is 9.94. The molecule has 1 amide bonds. The van der Waals surface area contributed by atoms with Crippen molar-refractivity contribution in [2.24, 2.45) is 0 Å². The molecule has 0 aliphatic carbocycles. The second-order valence-corrected chi connectivity index (χ2v) is 6.96. The summed E-state index contributed by atoms with van der Waals surface area (Å²) in [6, 6.07) is 12.9. The van der Waals surface area contributed by atoms with Crippen LogP contribution in [0.2, 0.25) is 5.02 Å². The number of Topliss-reactive ketones (excluding diaryl/α,β-unsaturated/α-hetero) is 1. The zero-order chi connectivity index (χ0) is 21.4. The molecule has 1 aliphatic rings. The Balaban J connectivity index is 1.88. The quantitative estimate of drug-likeness (QED) is 0.586. The normalized spacial score (nSPS) is 16.3. The number of ether oxygens (including phenoxy) is 1. The molecule has 8 heteroatoms. The molecule has 1 unspecified atom stereocenters. The summed E-state index contributed by atoms with van der Waals surface area (Å²) in [5.74, 6) is -1.64. The first kappa shape index (κ1) is 19.6. The van der Waals surface area contributed by atoms with Gasteiger partial charge in [-0.1, -0.05) is 17.7 Å². The van der Waals surface area contributed by atoms with E-state index in [9.17, 15) is 19.8 Å². The van der Waals surface area contributed by atoms with Crippen LogP contribution < -0.4 is 9.64 Å². The third-order valence-electron chi connectivity index (χ3n) is 4.84. The van der Waals surface area contributed by atoms with Crippen LogP contribution in [0, 0.1) is 0 Å². The van der Waals surface area contributed by atoms with E-state index in [4.69, 9.17) is 20.8 Å². The predicted molar refractivity (Wildman–Crippen MR) is 109 cm³/mol. The number of halogens is 1. The Labute approximate surface area is 176 Å². The Bertz CT molecular complexity index is 1150. The molecule has 2 N–H and O–H groups in total. The summed E-state index contributed by atoms with van der Waals surface area (Å²) in [7, 11) is 1.52. The van der Waals surface area contributed by atoms with E-state index in [1.165, 1.54) is 48.6 Å². The maximum Gasteiger partial charge on any atom is 0.294 e. The fourth-order valence-corrected chi connectivity index (χ4v) is 3.58. The van der Waals surface area contributed by atoms with Crippen LogP contribution in [0.15, 0.2) is 76.6 Å². The number of nitrogens with zero attached hydrogens (tertiary/aromatic N) is 1. The van der Waals surface area contributed by atoms with Crippen molar-refractivity contribution >= 4 is 29.0 Å². The van der Waals surface area contributed by atoms with Crippen LogP contribution >= 0.6 is 11.6 Å². The highest BCUT2D eigenvalue weighted by molar-refractivity contribution is 6.32. The molecule has 0 saturated heterocycles. The molecule has 30 heavy (non-hydrogen) atoms. The number of anilines is 1. The standard InChI is InChI=1S/C22H16ClNO6/c1-29-14-7-5-13(6-8-14)24-19(12-4-9-16(25)15(23)11-12)18(21(27)22(24)28)20(26)17-3-2-10-30-17/h2-11,19,25,27H,1H3. The van der Waals surface area contributed by atoms with Crippen molar-refractivity contribution in [3.05, 3.63) is 88.5 Å². The highest BCUT2D eigenvalue weighted by atomic mass is 35.5. The second kappa shape index (κ2) is 7.61. The van der Waals surface area contributed by atoms with Crippen molar-refractivity contribution in [3.8, 4) is 11.5 Å². The van der Waals surface area contributed by atoms with Crippen LogP contribution in [0.5, 0.6) is 11.5 Å². The van der Waals surface area contributed by atoms with Gasteiger partial charge in [0.25, 0.3) is 5.91 Å². The molecule has 4 rings (SSSR count). The molecule has 1 atom stereocenters. The minimum atomic E-state index is -0.985. The van der Waals surface area contributed by atoms with Crippen LogP contribution in [0.4, 0.5) is 5.69 Å². The summed E-state index contributed by atoms with van der Waals surface area (Å²) in [6.45, 7) is 0. The topological polar surface area (TPSA) is 100 Å². The van der Waals surface area contributed by atoms with Gasteiger partial charge >= 0.3 is 0 Å². The Hall–Kier alpha value is -3.71.